The molecular weight excluding hydrogens is 216 g/mol. The van der Waals surface area contributed by atoms with Crippen LogP contribution in [0.4, 0.5) is 22.7 Å². The molecule has 2 N–H and O–H groups in total. The third kappa shape index (κ3) is 2.00. The highest BCUT2D eigenvalue weighted by molar-refractivity contribution is 5.80. The quantitative estimate of drug-likeness (QED) is 0.469. The number of nitro benzene ring substituents is 2. The van der Waals surface area contributed by atoms with Crippen LogP contribution in [0.2, 0.25) is 0 Å². The molecule has 86 valence electrons. The van der Waals surface area contributed by atoms with Crippen LogP contribution in [0, 0.1) is 20.2 Å². The normalized spacial score (nSPS) is 9.88. The standard InChI is InChI=1S/C8H10N4O4/c1-10(2)8-6(9)3-5(11(13)14)4-7(8)12(15)16/h3-4H,9H2,1-2H3. The van der Waals surface area contributed by atoms with E-state index in [1.807, 2.05) is 0 Å². The van der Waals surface area contributed by atoms with Crippen LogP contribution >= 0.6 is 0 Å². The Balaban J connectivity index is 3.52. The minimum atomic E-state index is -0.719. The molecular formula is C8H10N4O4. The van der Waals surface area contributed by atoms with Crippen LogP contribution < -0.4 is 10.6 Å². The number of benzene rings is 1. The highest BCUT2D eigenvalue weighted by Gasteiger charge is 2.24. The van der Waals surface area contributed by atoms with Gasteiger partial charge >= 0.3 is 5.69 Å². The molecule has 0 aromatic heterocycles. The Kier molecular flexibility index (Phi) is 2.93. The zero-order chi connectivity index (χ0) is 12.5. The second-order valence-corrected chi connectivity index (χ2v) is 3.31. The van der Waals surface area contributed by atoms with E-state index < -0.39 is 15.5 Å². The lowest BCUT2D eigenvalue weighted by molar-refractivity contribution is -0.393. The lowest BCUT2D eigenvalue weighted by Crippen LogP contribution is -2.13. The van der Waals surface area contributed by atoms with Crippen LogP contribution in [-0.2, 0) is 0 Å². The largest absolute Gasteiger partial charge is 0.397 e. The van der Waals surface area contributed by atoms with Crippen molar-refractivity contribution < 1.29 is 9.85 Å². The molecule has 1 aromatic rings. The molecule has 1 aromatic carbocycles. The first-order valence-corrected chi connectivity index (χ1v) is 4.24. The number of nitrogens with two attached hydrogens (primary N) is 1. The van der Waals surface area contributed by atoms with Gasteiger partial charge in [0.1, 0.15) is 5.69 Å². The van der Waals surface area contributed by atoms with E-state index in [2.05, 4.69) is 0 Å². The Labute approximate surface area is 90.6 Å². The molecule has 0 amide bonds. The fourth-order valence-electron chi connectivity index (χ4n) is 1.36. The first-order valence-electron chi connectivity index (χ1n) is 4.24. The van der Waals surface area contributed by atoms with Gasteiger partial charge in [-0.05, 0) is 0 Å². The van der Waals surface area contributed by atoms with Gasteiger partial charge in [-0.3, -0.25) is 20.2 Å². The fraction of sp³-hybridized carbons (Fsp3) is 0.250. The van der Waals surface area contributed by atoms with Crippen LogP contribution in [0.3, 0.4) is 0 Å². The molecule has 0 aliphatic heterocycles. The summed E-state index contributed by atoms with van der Waals surface area (Å²) in [5.74, 6) is 0. The van der Waals surface area contributed by atoms with Gasteiger partial charge in [0.05, 0.1) is 21.6 Å². The van der Waals surface area contributed by atoms with Crippen molar-refractivity contribution in [3.8, 4) is 0 Å². The summed E-state index contributed by atoms with van der Waals surface area (Å²) in [4.78, 5) is 21.3. The van der Waals surface area contributed by atoms with Gasteiger partial charge in [0, 0.05) is 20.2 Å². The third-order valence-corrected chi connectivity index (χ3v) is 1.96. The van der Waals surface area contributed by atoms with Crippen molar-refractivity contribution in [2.45, 2.75) is 0 Å². The van der Waals surface area contributed by atoms with Gasteiger partial charge in [-0.15, -0.1) is 0 Å². The molecule has 0 aliphatic carbocycles. The molecule has 0 spiro atoms. The number of rotatable bonds is 3. The lowest BCUT2D eigenvalue weighted by atomic mass is 10.2. The summed E-state index contributed by atoms with van der Waals surface area (Å²) >= 11 is 0. The molecule has 0 atom stereocenters. The zero-order valence-electron chi connectivity index (χ0n) is 8.71. The highest BCUT2D eigenvalue weighted by Crippen LogP contribution is 2.36. The second-order valence-electron chi connectivity index (χ2n) is 3.31. The maximum absolute atomic E-state index is 10.8. The monoisotopic (exact) mass is 226 g/mol. The minimum Gasteiger partial charge on any atom is -0.397 e. The van der Waals surface area contributed by atoms with E-state index in [0.29, 0.717) is 0 Å². The lowest BCUT2D eigenvalue weighted by Gasteiger charge is -2.14. The van der Waals surface area contributed by atoms with Crippen LogP contribution in [0.25, 0.3) is 0 Å². The molecule has 1 rings (SSSR count). The minimum absolute atomic E-state index is 0.00546. The van der Waals surface area contributed by atoms with Gasteiger partial charge < -0.3 is 10.6 Å². The Bertz CT molecular complexity index is 458. The van der Waals surface area contributed by atoms with E-state index >= 15 is 0 Å². The van der Waals surface area contributed by atoms with E-state index in [4.69, 9.17) is 5.73 Å². The van der Waals surface area contributed by atoms with E-state index in [-0.39, 0.29) is 17.1 Å². The van der Waals surface area contributed by atoms with Gasteiger partial charge in [0.15, 0.2) is 0 Å². The van der Waals surface area contributed by atoms with Crippen molar-refractivity contribution in [2.24, 2.45) is 0 Å². The van der Waals surface area contributed by atoms with Crippen LogP contribution in [-0.4, -0.2) is 23.9 Å². The third-order valence-electron chi connectivity index (χ3n) is 1.96. The molecule has 8 heteroatoms. The van der Waals surface area contributed by atoms with E-state index in [1.165, 1.54) is 4.90 Å². The first-order chi connectivity index (χ1) is 7.34. The first kappa shape index (κ1) is 11.7. The Morgan fingerprint density at radius 1 is 1.19 bits per heavy atom. The van der Waals surface area contributed by atoms with Crippen LogP contribution in [0.1, 0.15) is 0 Å². The summed E-state index contributed by atoms with van der Waals surface area (Å²) in [6, 6.07) is 1.99. The van der Waals surface area contributed by atoms with Gasteiger partial charge in [-0.2, -0.15) is 0 Å². The summed E-state index contributed by atoms with van der Waals surface area (Å²) in [7, 11) is 3.15. The second kappa shape index (κ2) is 4.01. The number of anilines is 2. The van der Waals surface area contributed by atoms with Crippen molar-refractivity contribution >= 4 is 22.7 Å². The van der Waals surface area contributed by atoms with Crippen LogP contribution in [0.5, 0.6) is 0 Å². The van der Waals surface area contributed by atoms with E-state index in [9.17, 15) is 20.2 Å². The van der Waals surface area contributed by atoms with Gasteiger partial charge in [0.2, 0.25) is 0 Å². The molecule has 8 nitrogen and oxygen atoms in total. The summed E-state index contributed by atoms with van der Waals surface area (Å²) < 4.78 is 0. The van der Waals surface area contributed by atoms with E-state index in [0.717, 1.165) is 12.1 Å². The maximum Gasteiger partial charge on any atom is 0.301 e. The molecule has 0 saturated carbocycles. The van der Waals surface area contributed by atoms with Crippen molar-refractivity contribution in [1.82, 2.24) is 0 Å². The number of hydrogen-bond donors (Lipinski definition) is 1. The molecule has 0 radical (unpaired) electrons. The van der Waals surface area contributed by atoms with Crippen molar-refractivity contribution in [1.29, 1.82) is 0 Å². The number of nitrogen functional groups attached to an aromatic ring is 1. The molecule has 0 unspecified atom stereocenters. The topological polar surface area (TPSA) is 116 Å². The average Bonchev–Trinajstić information content (AvgIpc) is 2.15. The zero-order valence-corrected chi connectivity index (χ0v) is 8.71. The molecule has 0 fully saturated rings. The Morgan fingerprint density at radius 2 is 1.75 bits per heavy atom. The molecule has 0 aliphatic rings. The van der Waals surface area contributed by atoms with Gasteiger partial charge in [-0.25, -0.2) is 0 Å². The van der Waals surface area contributed by atoms with Crippen molar-refractivity contribution in [2.75, 3.05) is 24.7 Å². The predicted octanol–water partition coefficient (Wildman–Crippen LogP) is 1.15. The molecule has 0 saturated heterocycles. The number of nitrogens with zero attached hydrogens (tertiary/aromatic N) is 3. The fourth-order valence-corrected chi connectivity index (χ4v) is 1.36. The van der Waals surface area contributed by atoms with Crippen molar-refractivity contribution in [3.05, 3.63) is 32.4 Å². The Morgan fingerprint density at radius 3 is 2.12 bits per heavy atom. The number of non-ortho nitro benzene ring substituents is 1. The molecule has 0 bridgehead atoms. The summed E-state index contributed by atoms with van der Waals surface area (Å²) in [6.07, 6.45) is 0. The summed E-state index contributed by atoms with van der Waals surface area (Å²) in [6.45, 7) is 0. The molecule has 16 heavy (non-hydrogen) atoms. The smallest absolute Gasteiger partial charge is 0.301 e. The number of nitro groups is 2. The SMILES string of the molecule is CN(C)c1c(N)cc([N+](=O)[O-])cc1[N+](=O)[O-]. The number of hydrogen-bond acceptors (Lipinski definition) is 6. The molecule has 0 heterocycles. The summed E-state index contributed by atoms with van der Waals surface area (Å²) in [5, 5.41) is 21.3. The maximum atomic E-state index is 10.8. The predicted molar refractivity (Wildman–Crippen MR) is 58.5 cm³/mol. The van der Waals surface area contributed by atoms with E-state index in [1.54, 1.807) is 14.1 Å². The van der Waals surface area contributed by atoms with Crippen molar-refractivity contribution in [3.63, 3.8) is 0 Å². The van der Waals surface area contributed by atoms with Crippen LogP contribution in [0.15, 0.2) is 12.1 Å². The summed E-state index contributed by atoms with van der Waals surface area (Å²) in [5.41, 5.74) is 4.94. The van der Waals surface area contributed by atoms with Gasteiger partial charge in [0.25, 0.3) is 5.69 Å². The Hall–Kier alpha value is -2.38. The highest BCUT2D eigenvalue weighted by atomic mass is 16.6. The average molecular weight is 226 g/mol. The van der Waals surface area contributed by atoms with Gasteiger partial charge in [-0.1, -0.05) is 0 Å².